The lowest BCUT2D eigenvalue weighted by Gasteiger charge is -2.19. The molecule has 1 aliphatic carbocycles. The normalized spacial score (nSPS) is 15.9. The van der Waals surface area contributed by atoms with Crippen LogP contribution in [0.3, 0.4) is 0 Å². The molecule has 0 amide bonds. The Morgan fingerprint density at radius 3 is 2.33 bits per heavy atom. The smallest absolute Gasteiger partial charge is 0.318 e. The second-order valence-corrected chi connectivity index (χ2v) is 6.02. The molecule has 0 bridgehead atoms. The quantitative estimate of drug-likeness (QED) is 0.870. The van der Waals surface area contributed by atoms with Crippen molar-refractivity contribution in [3.8, 4) is 0 Å². The minimum Gasteiger partial charge on any atom is -0.480 e. The zero-order chi connectivity index (χ0) is 13.3. The molecule has 0 saturated heterocycles. The van der Waals surface area contributed by atoms with Crippen LogP contribution in [0.2, 0.25) is 0 Å². The van der Waals surface area contributed by atoms with Crippen molar-refractivity contribution in [3.05, 3.63) is 30.1 Å². The number of carbonyl (C=O) groups is 1. The number of aliphatic carboxylic acids is 1. The molecule has 1 aliphatic rings. The minimum atomic E-state index is -3.86. The summed E-state index contributed by atoms with van der Waals surface area (Å²) in [6, 6.07) is 4.11. The van der Waals surface area contributed by atoms with Crippen molar-refractivity contribution >= 4 is 16.0 Å². The molecule has 98 valence electrons. The second-order valence-electron chi connectivity index (χ2n) is 4.13. The molecule has 18 heavy (non-hydrogen) atoms. The number of nitrogens with zero attached hydrogens (tertiary/aromatic N) is 1. The molecule has 5 nitrogen and oxygen atoms in total. The molecule has 1 aromatic carbocycles. The van der Waals surface area contributed by atoms with E-state index in [0.29, 0.717) is 12.8 Å². The van der Waals surface area contributed by atoms with Gasteiger partial charge in [-0.25, -0.2) is 12.8 Å². The van der Waals surface area contributed by atoms with Crippen molar-refractivity contribution in [3.63, 3.8) is 0 Å². The highest BCUT2D eigenvalue weighted by atomic mass is 32.2. The van der Waals surface area contributed by atoms with Gasteiger partial charge in [-0.2, -0.15) is 4.31 Å². The fourth-order valence-corrected chi connectivity index (χ4v) is 3.28. The van der Waals surface area contributed by atoms with Crippen LogP contribution in [0.4, 0.5) is 4.39 Å². The third-order valence-electron chi connectivity index (χ3n) is 2.67. The van der Waals surface area contributed by atoms with Crippen LogP contribution in [0.1, 0.15) is 12.8 Å². The van der Waals surface area contributed by atoms with Gasteiger partial charge in [0.05, 0.1) is 4.90 Å². The molecule has 1 saturated carbocycles. The van der Waals surface area contributed by atoms with Crippen LogP contribution < -0.4 is 0 Å². The van der Waals surface area contributed by atoms with E-state index in [1.54, 1.807) is 0 Å². The maximum Gasteiger partial charge on any atom is 0.318 e. The summed E-state index contributed by atoms with van der Waals surface area (Å²) >= 11 is 0. The molecule has 1 N–H and O–H groups in total. The van der Waals surface area contributed by atoms with Gasteiger partial charge < -0.3 is 5.11 Å². The highest BCUT2D eigenvalue weighted by Crippen LogP contribution is 2.31. The van der Waals surface area contributed by atoms with Crippen molar-refractivity contribution in [2.24, 2.45) is 0 Å². The average Bonchev–Trinajstić information content (AvgIpc) is 3.10. The van der Waals surface area contributed by atoms with Crippen LogP contribution in [0.25, 0.3) is 0 Å². The molecule has 0 heterocycles. The SMILES string of the molecule is O=C(O)CN(C1CC1)S(=O)(=O)c1ccc(F)cc1. The molecular weight excluding hydrogens is 261 g/mol. The van der Waals surface area contributed by atoms with Gasteiger partial charge in [0.15, 0.2) is 0 Å². The van der Waals surface area contributed by atoms with Crippen molar-refractivity contribution in [2.75, 3.05) is 6.54 Å². The fraction of sp³-hybridized carbons (Fsp3) is 0.364. The summed E-state index contributed by atoms with van der Waals surface area (Å²) < 4.78 is 38.1. The topological polar surface area (TPSA) is 74.7 Å². The number of halogens is 1. The second kappa shape index (κ2) is 4.66. The average molecular weight is 273 g/mol. The lowest BCUT2D eigenvalue weighted by Crippen LogP contribution is -2.37. The summed E-state index contributed by atoms with van der Waals surface area (Å²) in [5.41, 5.74) is 0. The van der Waals surface area contributed by atoms with Gasteiger partial charge in [0, 0.05) is 6.04 Å². The van der Waals surface area contributed by atoms with Crippen molar-refractivity contribution < 1.29 is 22.7 Å². The highest BCUT2D eigenvalue weighted by Gasteiger charge is 2.39. The lowest BCUT2D eigenvalue weighted by atomic mass is 10.4. The van der Waals surface area contributed by atoms with E-state index >= 15 is 0 Å². The first-order valence-electron chi connectivity index (χ1n) is 5.40. The predicted molar refractivity (Wildman–Crippen MR) is 60.9 cm³/mol. The molecule has 1 aromatic rings. The van der Waals surface area contributed by atoms with Crippen LogP contribution in [0, 0.1) is 5.82 Å². The molecule has 0 spiro atoms. The molecule has 0 atom stereocenters. The summed E-state index contributed by atoms with van der Waals surface area (Å²) in [4.78, 5) is 10.6. The first-order valence-corrected chi connectivity index (χ1v) is 6.84. The van der Waals surface area contributed by atoms with E-state index in [-0.39, 0.29) is 10.9 Å². The van der Waals surface area contributed by atoms with Crippen LogP contribution in [-0.2, 0) is 14.8 Å². The van der Waals surface area contributed by atoms with E-state index in [1.165, 1.54) is 0 Å². The van der Waals surface area contributed by atoms with E-state index in [4.69, 9.17) is 5.11 Å². The van der Waals surface area contributed by atoms with Crippen LogP contribution in [0.15, 0.2) is 29.2 Å². The van der Waals surface area contributed by atoms with Crippen molar-refractivity contribution in [2.45, 2.75) is 23.8 Å². The molecule has 0 radical (unpaired) electrons. The number of hydrogen-bond acceptors (Lipinski definition) is 3. The summed E-state index contributed by atoms with van der Waals surface area (Å²) in [5.74, 6) is -1.74. The maximum absolute atomic E-state index is 12.8. The number of sulfonamides is 1. The zero-order valence-corrected chi connectivity index (χ0v) is 10.2. The van der Waals surface area contributed by atoms with Gasteiger partial charge in [-0.15, -0.1) is 0 Å². The molecule has 0 aliphatic heterocycles. The highest BCUT2D eigenvalue weighted by molar-refractivity contribution is 7.89. The van der Waals surface area contributed by atoms with Gasteiger partial charge >= 0.3 is 5.97 Å². The molecule has 7 heteroatoms. The number of carboxylic acid groups (broad SMARTS) is 1. The van der Waals surface area contributed by atoms with Gasteiger partial charge in [0.2, 0.25) is 10.0 Å². The van der Waals surface area contributed by atoms with Gasteiger partial charge in [0.1, 0.15) is 12.4 Å². The van der Waals surface area contributed by atoms with Gasteiger partial charge in [-0.1, -0.05) is 0 Å². The molecule has 0 aromatic heterocycles. The first-order chi connectivity index (χ1) is 8.41. The number of benzene rings is 1. The third kappa shape index (κ3) is 2.68. The molecule has 2 rings (SSSR count). The lowest BCUT2D eigenvalue weighted by molar-refractivity contribution is -0.137. The Morgan fingerprint density at radius 1 is 1.33 bits per heavy atom. The predicted octanol–water partition coefficient (Wildman–Crippen LogP) is 1.06. The van der Waals surface area contributed by atoms with Crippen molar-refractivity contribution in [1.82, 2.24) is 4.31 Å². The summed E-state index contributed by atoms with van der Waals surface area (Å²) in [5, 5.41) is 8.75. The number of hydrogen-bond donors (Lipinski definition) is 1. The van der Waals surface area contributed by atoms with Gasteiger partial charge in [-0.3, -0.25) is 4.79 Å². The Bertz CT molecular complexity index is 551. The van der Waals surface area contributed by atoms with Gasteiger partial charge in [-0.05, 0) is 37.1 Å². The van der Waals surface area contributed by atoms with E-state index in [9.17, 15) is 17.6 Å². The van der Waals surface area contributed by atoms with Crippen LogP contribution >= 0.6 is 0 Å². The number of carboxylic acids is 1. The maximum atomic E-state index is 12.8. The molecule has 0 unspecified atom stereocenters. The Labute approximate surface area is 104 Å². The van der Waals surface area contributed by atoms with Crippen LogP contribution in [-0.4, -0.2) is 36.4 Å². The monoisotopic (exact) mass is 273 g/mol. The minimum absolute atomic E-state index is 0.0861. The largest absolute Gasteiger partial charge is 0.480 e. The number of rotatable bonds is 5. The van der Waals surface area contributed by atoms with Crippen LogP contribution in [0.5, 0.6) is 0 Å². The zero-order valence-electron chi connectivity index (χ0n) is 9.41. The molecule has 1 fully saturated rings. The van der Waals surface area contributed by atoms with E-state index in [2.05, 4.69) is 0 Å². The summed E-state index contributed by atoms with van der Waals surface area (Å²) in [6.07, 6.45) is 1.32. The van der Waals surface area contributed by atoms with E-state index in [1.807, 2.05) is 0 Å². The Hall–Kier alpha value is -1.47. The fourth-order valence-electron chi connectivity index (χ4n) is 1.65. The molecular formula is C11H12FNO4S. The van der Waals surface area contributed by atoms with Crippen molar-refractivity contribution in [1.29, 1.82) is 0 Å². The summed E-state index contributed by atoms with van der Waals surface area (Å²) in [7, 11) is -3.86. The Kier molecular flexibility index (Phi) is 3.36. The first kappa shape index (κ1) is 13.0. The van der Waals surface area contributed by atoms with Gasteiger partial charge in [0.25, 0.3) is 0 Å². The Balaban J connectivity index is 2.32. The van der Waals surface area contributed by atoms with E-state index in [0.717, 1.165) is 28.6 Å². The Morgan fingerprint density at radius 2 is 1.89 bits per heavy atom. The third-order valence-corrected chi connectivity index (χ3v) is 4.58. The standard InChI is InChI=1S/C11H12FNO4S/c12-8-1-5-10(6-2-8)18(16,17)13(7-11(14)15)9-3-4-9/h1-2,5-6,9H,3-4,7H2,(H,14,15). The summed E-state index contributed by atoms with van der Waals surface area (Å²) in [6.45, 7) is -0.565. The van der Waals surface area contributed by atoms with E-state index < -0.39 is 28.4 Å².